The average Bonchev–Trinajstić information content (AvgIpc) is 2.27. The number of piperidine rings is 1. The minimum Gasteiger partial charge on any atom is -0.389 e. The van der Waals surface area contributed by atoms with Crippen molar-refractivity contribution in [3.8, 4) is 6.07 Å². The number of nitrogens with zero attached hydrogens (tertiary/aromatic N) is 2. The molecule has 1 aliphatic rings. The molecular weight excluding hydrogens is 192 g/mol. The van der Waals surface area contributed by atoms with Crippen molar-refractivity contribution in [3.63, 3.8) is 0 Å². The molecule has 0 radical (unpaired) electrons. The van der Waals surface area contributed by atoms with E-state index in [1.807, 2.05) is 6.92 Å². The van der Waals surface area contributed by atoms with Crippen molar-refractivity contribution in [2.45, 2.75) is 38.3 Å². The molecule has 2 unspecified atom stereocenters. The van der Waals surface area contributed by atoms with Gasteiger partial charge in [-0.25, -0.2) is 0 Å². The van der Waals surface area contributed by atoms with Gasteiger partial charge in [0.15, 0.2) is 0 Å². The molecule has 0 spiro atoms. The highest BCUT2D eigenvalue weighted by atomic mass is 16.5. The number of hydrogen-bond donors (Lipinski definition) is 1. The first-order valence-corrected chi connectivity index (χ1v) is 5.67. The lowest BCUT2D eigenvalue weighted by molar-refractivity contribution is 0.0118. The van der Waals surface area contributed by atoms with E-state index >= 15 is 0 Å². The van der Waals surface area contributed by atoms with Gasteiger partial charge in [0.2, 0.25) is 0 Å². The van der Waals surface area contributed by atoms with Gasteiger partial charge in [0.1, 0.15) is 0 Å². The van der Waals surface area contributed by atoms with Crippen molar-refractivity contribution in [2.24, 2.45) is 0 Å². The van der Waals surface area contributed by atoms with Crippen LogP contribution in [-0.4, -0.2) is 48.5 Å². The summed E-state index contributed by atoms with van der Waals surface area (Å²) in [7, 11) is 0. The second kappa shape index (κ2) is 6.78. The molecule has 0 amide bonds. The molecule has 1 rings (SSSR count). The zero-order valence-electron chi connectivity index (χ0n) is 9.35. The Kier molecular flexibility index (Phi) is 5.62. The SMILES string of the molecule is CCOCC(O)CN1CCCCC1C#N. The van der Waals surface area contributed by atoms with Crippen LogP contribution in [0.3, 0.4) is 0 Å². The Morgan fingerprint density at radius 2 is 2.40 bits per heavy atom. The van der Waals surface area contributed by atoms with Crippen molar-refractivity contribution in [2.75, 3.05) is 26.3 Å². The minimum absolute atomic E-state index is 0.0185. The molecule has 0 aromatic rings. The Bertz CT molecular complexity index is 215. The molecule has 0 bridgehead atoms. The molecule has 4 heteroatoms. The van der Waals surface area contributed by atoms with Crippen molar-refractivity contribution >= 4 is 0 Å². The van der Waals surface area contributed by atoms with E-state index in [0.29, 0.717) is 19.8 Å². The van der Waals surface area contributed by atoms with Crippen LogP contribution in [0.25, 0.3) is 0 Å². The largest absolute Gasteiger partial charge is 0.389 e. The van der Waals surface area contributed by atoms with Crippen LogP contribution in [0, 0.1) is 11.3 Å². The molecule has 1 saturated heterocycles. The summed E-state index contributed by atoms with van der Waals surface area (Å²) in [5.74, 6) is 0. The molecule has 4 nitrogen and oxygen atoms in total. The second-order valence-corrected chi connectivity index (χ2v) is 3.95. The summed E-state index contributed by atoms with van der Waals surface area (Å²) in [6, 6.07) is 2.27. The Labute approximate surface area is 91.4 Å². The van der Waals surface area contributed by atoms with Crippen molar-refractivity contribution in [3.05, 3.63) is 0 Å². The fourth-order valence-corrected chi connectivity index (χ4v) is 1.93. The van der Waals surface area contributed by atoms with Crippen LogP contribution in [-0.2, 0) is 4.74 Å². The highest BCUT2D eigenvalue weighted by Crippen LogP contribution is 2.16. The second-order valence-electron chi connectivity index (χ2n) is 3.95. The number of aliphatic hydroxyl groups excluding tert-OH is 1. The molecule has 0 aromatic carbocycles. The maximum absolute atomic E-state index is 9.67. The molecule has 0 aromatic heterocycles. The first kappa shape index (κ1) is 12.4. The Morgan fingerprint density at radius 3 is 3.07 bits per heavy atom. The van der Waals surface area contributed by atoms with Crippen LogP contribution in [0.2, 0.25) is 0 Å². The predicted molar refractivity (Wildman–Crippen MR) is 57.3 cm³/mol. The monoisotopic (exact) mass is 212 g/mol. The van der Waals surface area contributed by atoms with Gasteiger partial charge in [-0.15, -0.1) is 0 Å². The fourth-order valence-electron chi connectivity index (χ4n) is 1.93. The standard InChI is InChI=1S/C11H20N2O2/c1-2-15-9-11(14)8-13-6-4-3-5-10(13)7-12/h10-11,14H,2-6,8-9H2,1H3. The van der Waals surface area contributed by atoms with Crippen LogP contribution < -0.4 is 0 Å². The van der Waals surface area contributed by atoms with E-state index in [9.17, 15) is 5.11 Å². The van der Waals surface area contributed by atoms with Crippen LogP contribution >= 0.6 is 0 Å². The summed E-state index contributed by atoms with van der Waals surface area (Å²) in [6.45, 7) is 4.37. The van der Waals surface area contributed by atoms with E-state index in [4.69, 9.17) is 10.00 Å². The number of nitriles is 1. The van der Waals surface area contributed by atoms with Gasteiger partial charge in [-0.1, -0.05) is 0 Å². The third kappa shape index (κ3) is 4.17. The van der Waals surface area contributed by atoms with Gasteiger partial charge >= 0.3 is 0 Å². The number of likely N-dealkylation sites (tertiary alicyclic amines) is 1. The van der Waals surface area contributed by atoms with Gasteiger partial charge in [0.05, 0.1) is 24.8 Å². The quantitative estimate of drug-likeness (QED) is 0.731. The molecule has 15 heavy (non-hydrogen) atoms. The van der Waals surface area contributed by atoms with Gasteiger partial charge in [-0.2, -0.15) is 5.26 Å². The first-order valence-electron chi connectivity index (χ1n) is 5.67. The molecular formula is C11H20N2O2. The molecule has 2 atom stereocenters. The van der Waals surface area contributed by atoms with E-state index in [2.05, 4.69) is 11.0 Å². The number of ether oxygens (including phenoxy) is 1. The summed E-state index contributed by atoms with van der Waals surface area (Å²) in [4.78, 5) is 2.06. The number of β-amino-alcohol motifs (C(OH)–C–C–N with tert-alkyl or cyclic N) is 1. The molecule has 0 aliphatic carbocycles. The lowest BCUT2D eigenvalue weighted by Gasteiger charge is -2.32. The lowest BCUT2D eigenvalue weighted by atomic mass is 10.0. The molecule has 1 N–H and O–H groups in total. The van der Waals surface area contributed by atoms with Gasteiger partial charge in [0, 0.05) is 13.2 Å². The van der Waals surface area contributed by atoms with E-state index in [1.54, 1.807) is 0 Å². The first-order chi connectivity index (χ1) is 7.27. The van der Waals surface area contributed by atoms with Crippen LogP contribution in [0.1, 0.15) is 26.2 Å². The maximum atomic E-state index is 9.67. The van der Waals surface area contributed by atoms with E-state index in [0.717, 1.165) is 25.8 Å². The summed E-state index contributed by atoms with van der Waals surface area (Å²) >= 11 is 0. The van der Waals surface area contributed by atoms with Crippen LogP contribution in [0.4, 0.5) is 0 Å². The number of hydrogen-bond acceptors (Lipinski definition) is 4. The number of aliphatic hydroxyl groups is 1. The third-order valence-corrected chi connectivity index (χ3v) is 2.72. The van der Waals surface area contributed by atoms with Crippen molar-refractivity contribution in [1.82, 2.24) is 4.90 Å². The Balaban J connectivity index is 2.31. The Morgan fingerprint density at radius 1 is 1.60 bits per heavy atom. The predicted octanol–water partition coefficient (Wildman–Crippen LogP) is 0.762. The van der Waals surface area contributed by atoms with Gasteiger partial charge in [0.25, 0.3) is 0 Å². The number of rotatable bonds is 5. The molecule has 1 aliphatic heterocycles. The third-order valence-electron chi connectivity index (χ3n) is 2.72. The van der Waals surface area contributed by atoms with Crippen molar-refractivity contribution < 1.29 is 9.84 Å². The molecule has 1 fully saturated rings. The van der Waals surface area contributed by atoms with Crippen molar-refractivity contribution in [1.29, 1.82) is 5.26 Å². The van der Waals surface area contributed by atoms with Crippen LogP contribution in [0.15, 0.2) is 0 Å². The fraction of sp³-hybridized carbons (Fsp3) is 0.909. The highest BCUT2D eigenvalue weighted by molar-refractivity contribution is 4.94. The highest BCUT2D eigenvalue weighted by Gasteiger charge is 2.23. The van der Waals surface area contributed by atoms with Crippen LogP contribution in [0.5, 0.6) is 0 Å². The summed E-state index contributed by atoms with van der Waals surface area (Å²) in [6.07, 6.45) is 2.70. The van der Waals surface area contributed by atoms with Gasteiger partial charge < -0.3 is 9.84 Å². The van der Waals surface area contributed by atoms with Gasteiger partial charge in [-0.05, 0) is 32.7 Å². The van der Waals surface area contributed by atoms with Gasteiger partial charge in [-0.3, -0.25) is 4.90 Å². The molecule has 86 valence electrons. The van der Waals surface area contributed by atoms with E-state index < -0.39 is 6.10 Å². The van der Waals surface area contributed by atoms with E-state index in [-0.39, 0.29) is 6.04 Å². The Hall–Kier alpha value is -0.630. The summed E-state index contributed by atoms with van der Waals surface area (Å²) < 4.78 is 5.15. The summed E-state index contributed by atoms with van der Waals surface area (Å²) in [5.41, 5.74) is 0. The minimum atomic E-state index is -0.473. The zero-order chi connectivity index (χ0) is 11.1. The normalized spacial score (nSPS) is 24.7. The lowest BCUT2D eigenvalue weighted by Crippen LogP contribution is -2.44. The molecule has 0 saturated carbocycles. The zero-order valence-corrected chi connectivity index (χ0v) is 9.35. The average molecular weight is 212 g/mol. The smallest absolute Gasteiger partial charge is 0.0978 e. The topological polar surface area (TPSA) is 56.5 Å². The maximum Gasteiger partial charge on any atom is 0.0978 e. The summed E-state index contributed by atoms with van der Waals surface area (Å²) in [5, 5.41) is 18.6. The molecule has 1 heterocycles. The van der Waals surface area contributed by atoms with E-state index in [1.165, 1.54) is 0 Å².